The van der Waals surface area contributed by atoms with Gasteiger partial charge < -0.3 is 14.3 Å². The molecule has 1 amide bonds. The van der Waals surface area contributed by atoms with Gasteiger partial charge in [-0.2, -0.15) is 5.10 Å². The number of hydrogen-bond acceptors (Lipinski definition) is 6. The first kappa shape index (κ1) is 18.1. The second-order valence-electron chi connectivity index (χ2n) is 5.66. The van der Waals surface area contributed by atoms with Gasteiger partial charge in [-0.15, -0.1) is 0 Å². The summed E-state index contributed by atoms with van der Waals surface area (Å²) in [6, 6.07) is 7.62. The lowest BCUT2D eigenvalue weighted by Gasteiger charge is -2.08. The van der Waals surface area contributed by atoms with Crippen molar-refractivity contribution >= 4 is 5.91 Å². The van der Waals surface area contributed by atoms with Gasteiger partial charge in [0, 0.05) is 37.8 Å². The van der Waals surface area contributed by atoms with Crippen LogP contribution in [0.2, 0.25) is 0 Å². The van der Waals surface area contributed by atoms with Gasteiger partial charge in [-0.05, 0) is 18.2 Å². The number of rotatable bonds is 7. The van der Waals surface area contributed by atoms with Crippen molar-refractivity contribution in [2.24, 2.45) is 0 Å². The number of hydrogen-bond donors (Lipinski definition) is 2. The van der Waals surface area contributed by atoms with E-state index in [-0.39, 0.29) is 37.5 Å². The summed E-state index contributed by atoms with van der Waals surface area (Å²) in [5.74, 6) is 0.252. The molecule has 3 aromatic heterocycles. The third-order valence-corrected chi connectivity index (χ3v) is 3.76. The molecule has 0 saturated carbocycles. The summed E-state index contributed by atoms with van der Waals surface area (Å²) < 4.78 is 7.73. The third-order valence-electron chi connectivity index (χ3n) is 3.76. The molecule has 3 heterocycles. The summed E-state index contributed by atoms with van der Waals surface area (Å²) >= 11 is 0. The topological polar surface area (TPSA) is 132 Å². The molecule has 0 atom stereocenters. The predicted octanol–water partition coefficient (Wildman–Crippen LogP) is -0.440. The van der Waals surface area contributed by atoms with Crippen molar-refractivity contribution < 1.29 is 9.21 Å². The highest BCUT2D eigenvalue weighted by molar-refractivity contribution is 5.75. The minimum Gasteiger partial charge on any atom is -0.463 e. The molecule has 0 aliphatic carbocycles. The molecule has 0 unspecified atom stereocenters. The maximum atomic E-state index is 11.9. The van der Waals surface area contributed by atoms with E-state index < -0.39 is 11.2 Å². The lowest BCUT2D eigenvalue weighted by molar-refractivity contribution is -0.121. The Morgan fingerprint density at radius 2 is 2.00 bits per heavy atom. The van der Waals surface area contributed by atoms with Crippen LogP contribution >= 0.6 is 0 Å². The molecule has 0 bridgehead atoms. The van der Waals surface area contributed by atoms with Crippen LogP contribution in [0.3, 0.4) is 0 Å². The average Bonchev–Trinajstić information content (AvgIpc) is 3.17. The Bertz CT molecular complexity index is 1090. The molecule has 10 nitrogen and oxygen atoms in total. The van der Waals surface area contributed by atoms with Crippen LogP contribution in [0.1, 0.15) is 6.42 Å². The van der Waals surface area contributed by atoms with Gasteiger partial charge in [0.1, 0.15) is 5.69 Å². The number of aromatic amines is 1. The molecule has 140 valence electrons. The smallest absolute Gasteiger partial charge is 0.328 e. The maximum absolute atomic E-state index is 11.9. The SMILES string of the molecule is O=C(CCn1ccc(=O)[nH]c1=O)NCCn1nc(-c2ccco2)ccc1=O. The van der Waals surface area contributed by atoms with Crippen LogP contribution in [0.25, 0.3) is 11.5 Å². The molecule has 0 aliphatic heterocycles. The van der Waals surface area contributed by atoms with Crippen LogP contribution in [-0.2, 0) is 17.9 Å². The summed E-state index contributed by atoms with van der Waals surface area (Å²) in [4.78, 5) is 48.4. The summed E-state index contributed by atoms with van der Waals surface area (Å²) in [7, 11) is 0. The zero-order valence-electron chi connectivity index (χ0n) is 14.3. The molecule has 0 aromatic carbocycles. The second-order valence-corrected chi connectivity index (χ2v) is 5.66. The fourth-order valence-corrected chi connectivity index (χ4v) is 2.40. The fourth-order valence-electron chi connectivity index (χ4n) is 2.40. The Balaban J connectivity index is 1.53. The van der Waals surface area contributed by atoms with Crippen LogP contribution in [0.4, 0.5) is 0 Å². The van der Waals surface area contributed by atoms with Crippen LogP contribution in [0.15, 0.2) is 61.6 Å². The maximum Gasteiger partial charge on any atom is 0.328 e. The van der Waals surface area contributed by atoms with Crippen molar-refractivity contribution in [3.63, 3.8) is 0 Å². The standard InChI is InChI=1S/C17H17N5O5/c23-14(5-8-21-9-6-15(24)19-17(21)26)18-7-10-22-16(25)4-3-12(20-22)13-2-1-11-27-13/h1-4,6,9,11H,5,7-8,10H2,(H,18,23)(H,19,24,26). The monoisotopic (exact) mass is 371 g/mol. The van der Waals surface area contributed by atoms with E-state index in [1.54, 1.807) is 18.2 Å². The van der Waals surface area contributed by atoms with Gasteiger partial charge in [-0.1, -0.05) is 0 Å². The minimum absolute atomic E-state index is 0.0563. The van der Waals surface area contributed by atoms with E-state index in [0.717, 1.165) is 0 Å². The van der Waals surface area contributed by atoms with E-state index >= 15 is 0 Å². The van der Waals surface area contributed by atoms with Gasteiger partial charge in [0.25, 0.3) is 11.1 Å². The Morgan fingerprint density at radius 3 is 2.74 bits per heavy atom. The van der Waals surface area contributed by atoms with Crippen molar-refractivity contribution in [3.8, 4) is 11.5 Å². The van der Waals surface area contributed by atoms with Crippen molar-refractivity contribution in [1.82, 2.24) is 24.6 Å². The number of aryl methyl sites for hydroxylation is 1. The molecule has 0 saturated heterocycles. The Kier molecular flexibility index (Phi) is 5.45. The third kappa shape index (κ3) is 4.69. The number of furan rings is 1. The summed E-state index contributed by atoms with van der Waals surface area (Å²) in [5.41, 5.74) is -0.834. The molecule has 27 heavy (non-hydrogen) atoms. The van der Waals surface area contributed by atoms with E-state index in [0.29, 0.717) is 11.5 Å². The minimum atomic E-state index is -0.569. The highest BCUT2D eigenvalue weighted by Gasteiger charge is 2.07. The average molecular weight is 371 g/mol. The lowest BCUT2D eigenvalue weighted by Crippen LogP contribution is -2.34. The zero-order chi connectivity index (χ0) is 19.2. The number of nitrogens with one attached hydrogen (secondary N) is 2. The lowest BCUT2D eigenvalue weighted by atomic mass is 10.3. The predicted molar refractivity (Wildman–Crippen MR) is 95.1 cm³/mol. The molecule has 0 aliphatic rings. The van der Waals surface area contributed by atoms with E-state index in [9.17, 15) is 19.2 Å². The number of amides is 1. The first-order chi connectivity index (χ1) is 13.0. The van der Waals surface area contributed by atoms with Gasteiger partial charge in [-0.3, -0.25) is 19.4 Å². The van der Waals surface area contributed by atoms with Crippen LogP contribution in [0, 0.1) is 0 Å². The Hall–Kier alpha value is -3.69. The molecule has 10 heteroatoms. The number of carbonyl (C=O) groups is 1. The van der Waals surface area contributed by atoms with E-state index in [1.165, 1.54) is 33.8 Å². The summed E-state index contributed by atoms with van der Waals surface area (Å²) in [6.07, 6.45) is 2.90. The van der Waals surface area contributed by atoms with Gasteiger partial charge in [0.05, 0.1) is 12.8 Å². The van der Waals surface area contributed by atoms with Crippen molar-refractivity contribution in [2.75, 3.05) is 6.54 Å². The summed E-state index contributed by atoms with van der Waals surface area (Å²) in [6.45, 7) is 0.527. The number of carbonyl (C=O) groups excluding carboxylic acids is 1. The van der Waals surface area contributed by atoms with Gasteiger partial charge >= 0.3 is 5.69 Å². The van der Waals surface area contributed by atoms with E-state index in [4.69, 9.17) is 4.42 Å². The normalized spacial score (nSPS) is 10.7. The van der Waals surface area contributed by atoms with E-state index in [1.807, 2.05) is 0 Å². The number of H-pyrrole nitrogens is 1. The Morgan fingerprint density at radius 1 is 1.15 bits per heavy atom. The second kappa shape index (κ2) is 8.13. The van der Waals surface area contributed by atoms with Crippen molar-refractivity contribution in [2.45, 2.75) is 19.5 Å². The first-order valence-corrected chi connectivity index (χ1v) is 8.21. The number of nitrogens with zero attached hydrogens (tertiary/aromatic N) is 3. The summed E-state index contributed by atoms with van der Waals surface area (Å²) in [5, 5.41) is 6.87. The molecular formula is C17H17N5O5. The van der Waals surface area contributed by atoms with E-state index in [2.05, 4.69) is 15.4 Å². The Labute approximate surface area is 152 Å². The highest BCUT2D eigenvalue weighted by Crippen LogP contribution is 2.14. The van der Waals surface area contributed by atoms with Crippen LogP contribution < -0.4 is 22.1 Å². The number of aromatic nitrogens is 4. The van der Waals surface area contributed by atoms with Crippen LogP contribution in [0.5, 0.6) is 0 Å². The molecule has 3 rings (SSSR count). The molecule has 0 radical (unpaired) electrons. The molecule has 2 N–H and O–H groups in total. The van der Waals surface area contributed by atoms with Gasteiger partial charge in [0.2, 0.25) is 5.91 Å². The zero-order valence-corrected chi connectivity index (χ0v) is 14.3. The molecule has 0 spiro atoms. The van der Waals surface area contributed by atoms with Crippen LogP contribution in [-0.4, -0.2) is 31.8 Å². The van der Waals surface area contributed by atoms with Gasteiger partial charge in [0.15, 0.2) is 5.76 Å². The first-order valence-electron chi connectivity index (χ1n) is 8.21. The van der Waals surface area contributed by atoms with Crippen molar-refractivity contribution in [1.29, 1.82) is 0 Å². The van der Waals surface area contributed by atoms with Crippen molar-refractivity contribution in [3.05, 3.63) is 74.0 Å². The fraction of sp³-hybridized carbons (Fsp3) is 0.235. The molecular weight excluding hydrogens is 354 g/mol. The quantitative estimate of drug-likeness (QED) is 0.579. The largest absolute Gasteiger partial charge is 0.463 e. The van der Waals surface area contributed by atoms with Gasteiger partial charge in [-0.25, -0.2) is 9.48 Å². The highest BCUT2D eigenvalue weighted by atomic mass is 16.3. The molecule has 0 fully saturated rings. The molecule has 3 aromatic rings.